The van der Waals surface area contributed by atoms with Crippen LogP contribution in [0, 0.1) is 18.3 Å². The highest BCUT2D eigenvalue weighted by atomic mass is 35.5. The van der Waals surface area contributed by atoms with Gasteiger partial charge in [-0.25, -0.2) is 26.8 Å². The predicted octanol–water partition coefficient (Wildman–Crippen LogP) is 1.46. The van der Waals surface area contributed by atoms with E-state index in [9.17, 15) is 26.9 Å². The minimum absolute atomic E-state index is 0. The van der Waals surface area contributed by atoms with E-state index in [4.69, 9.17) is 11.5 Å². The van der Waals surface area contributed by atoms with E-state index in [0.29, 0.717) is 55.6 Å². The second-order valence-electron chi connectivity index (χ2n) is 10.8. The maximum absolute atomic E-state index is 13.5. The van der Waals surface area contributed by atoms with Crippen molar-refractivity contribution in [1.82, 2.24) is 19.6 Å². The molecule has 1 amide bonds. The van der Waals surface area contributed by atoms with Crippen molar-refractivity contribution in [1.29, 1.82) is 5.26 Å². The number of carbonyl (C=O) groups is 1. The molecule has 1 aromatic heterocycles. The molecule has 20 heteroatoms. The number of piperazine rings is 1. The smallest absolute Gasteiger partial charge is 0.257 e. The summed E-state index contributed by atoms with van der Waals surface area (Å²) >= 11 is 0. The van der Waals surface area contributed by atoms with E-state index in [1.54, 1.807) is 31.2 Å². The van der Waals surface area contributed by atoms with Gasteiger partial charge in [0, 0.05) is 70.3 Å². The van der Waals surface area contributed by atoms with Crippen molar-refractivity contribution in [3.05, 3.63) is 71.0 Å². The summed E-state index contributed by atoms with van der Waals surface area (Å²) in [7, 11) is -6.16. The van der Waals surface area contributed by atoms with Crippen molar-refractivity contribution in [2.24, 2.45) is 11.5 Å². The van der Waals surface area contributed by atoms with Gasteiger partial charge in [-0.1, -0.05) is 6.07 Å². The molecule has 1 aliphatic rings. The standard InChI is InChI=1S/C29H38N10O5S2.3ClH/c1-20-14-23(16-30)36-29(34-20)38-10-12-39(13-11-38)46(43,44)25-7-5-22(6-8-25)35-28(40)26-15-21(19-33-24(17-31)18-32)4-9-27(26)37(2)45(3,41)42;;;/h4-9,14-15,24,33H,10-13,17-19,31-32H2,1-3H3,(H,35,40);3*1H. The minimum Gasteiger partial charge on any atom is -0.338 e. The summed E-state index contributed by atoms with van der Waals surface area (Å²) in [6.07, 6.45) is 1.04. The zero-order valence-electron chi connectivity index (χ0n) is 27.1. The number of nitrogens with one attached hydrogen (secondary N) is 2. The molecule has 0 bridgehead atoms. The molecule has 0 aliphatic carbocycles. The van der Waals surface area contributed by atoms with Crippen LogP contribution < -0.4 is 31.3 Å². The minimum atomic E-state index is -3.84. The summed E-state index contributed by atoms with van der Waals surface area (Å²) < 4.78 is 53.8. The van der Waals surface area contributed by atoms with Crippen LogP contribution in [0.25, 0.3) is 0 Å². The van der Waals surface area contributed by atoms with Crippen molar-refractivity contribution in [2.75, 3.05) is 67.1 Å². The van der Waals surface area contributed by atoms with Crippen LogP contribution in [0.15, 0.2) is 53.4 Å². The van der Waals surface area contributed by atoms with Crippen molar-refractivity contribution in [3.63, 3.8) is 0 Å². The Morgan fingerprint density at radius 1 is 0.980 bits per heavy atom. The van der Waals surface area contributed by atoms with Crippen LogP contribution in [-0.4, -0.2) is 95.6 Å². The molecular formula is C29H41Cl3N10O5S2. The van der Waals surface area contributed by atoms with Crippen molar-refractivity contribution >= 4 is 80.5 Å². The Bertz CT molecular complexity index is 1830. The number of halogens is 3. The average molecular weight is 780 g/mol. The molecule has 0 atom stereocenters. The van der Waals surface area contributed by atoms with Crippen molar-refractivity contribution in [3.8, 4) is 6.07 Å². The molecule has 15 nitrogen and oxygen atoms in total. The zero-order valence-corrected chi connectivity index (χ0v) is 31.1. The number of aryl methyl sites for hydroxylation is 1. The van der Waals surface area contributed by atoms with Gasteiger partial charge in [0.25, 0.3) is 5.91 Å². The van der Waals surface area contributed by atoms with E-state index in [0.717, 1.165) is 10.6 Å². The van der Waals surface area contributed by atoms with Crippen LogP contribution in [0.2, 0.25) is 0 Å². The molecule has 0 radical (unpaired) electrons. The maximum Gasteiger partial charge on any atom is 0.257 e. The van der Waals surface area contributed by atoms with E-state index in [1.807, 2.05) is 11.0 Å². The number of sulfonamides is 2. The molecule has 6 N–H and O–H groups in total. The Labute approximate surface area is 305 Å². The molecule has 1 aliphatic heterocycles. The van der Waals surface area contributed by atoms with Crippen molar-refractivity contribution in [2.45, 2.75) is 24.4 Å². The number of hydrogen-bond donors (Lipinski definition) is 4. The fourth-order valence-corrected chi connectivity index (χ4v) is 6.73. The SMILES string of the molecule is Cc1cc(C#N)nc(N2CCN(S(=O)(=O)c3ccc(NC(=O)c4cc(CNC(CN)CN)ccc4N(C)S(C)(=O)=O)cc3)CC2)n1.Cl.Cl.Cl. The summed E-state index contributed by atoms with van der Waals surface area (Å²) in [4.78, 5) is 24.0. The third-order valence-corrected chi connectivity index (χ3v) is 10.6. The van der Waals surface area contributed by atoms with E-state index in [1.165, 1.54) is 35.6 Å². The Hall–Kier alpha value is -3.31. The highest BCUT2D eigenvalue weighted by Gasteiger charge is 2.30. The third kappa shape index (κ3) is 10.8. The lowest BCUT2D eigenvalue weighted by atomic mass is 10.1. The fourth-order valence-electron chi connectivity index (χ4n) is 4.79. The largest absolute Gasteiger partial charge is 0.338 e. The first-order valence-electron chi connectivity index (χ1n) is 14.4. The Morgan fingerprint density at radius 2 is 1.59 bits per heavy atom. The molecule has 1 saturated heterocycles. The number of anilines is 3. The van der Waals surface area contributed by atoms with E-state index < -0.39 is 26.0 Å². The summed E-state index contributed by atoms with van der Waals surface area (Å²) in [6.45, 7) is 3.85. The number of amides is 1. The average Bonchev–Trinajstić information content (AvgIpc) is 3.04. The van der Waals surface area contributed by atoms with Gasteiger partial charge in [0.15, 0.2) is 0 Å². The van der Waals surface area contributed by atoms with Crippen LogP contribution in [0.5, 0.6) is 0 Å². The molecule has 0 spiro atoms. The highest BCUT2D eigenvalue weighted by molar-refractivity contribution is 7.92. The van der Waals surface area contributed by atoms with Gasteiger partial charge in [-0.15, -0.1) is 37.2 Å². The van der Waals surface area contributed by atoms with Crippen LogP contribution >= 0.6 is 37.2 Å². The lowest BCUT2D eigenvalue weighted by molar-refractivity contribution is 0.102. The molecule has 2 heterocycles. The number of benzene rings is 2. The predicted molar refractivity (Wildman–Crippen MR) is 197 cm³/mol. The first-order valence-corrected chi connectivity index (χ1v) is 17.7. The molecule has 49 heavy (non-hydrogen) atoms. The highest BCUT2D eigenvalue weighted by Crippen LogP contribution is 2.26. The Kier molecular flexibility index (Phi) is 16.6. The lowest BCUT2D eigenvalue weighted by Gasteiger charge is -2.34. The van der Waals surface area contributed by atoms with Crippen molar-refractivity contribution < 1.29 is 21.6 Å². The number of aromatic nitrogens is 2. The summed E-state index contributed by atoms with van der Waals surface area (Å²) in [6, 6.07) is 14.1. The second-order valence-corrected chi connectivity index (χ2v) is 14.8. The van der Waals surface area contributed by atoms with Crippen LogP contribution in [0.4, 0.5) is 17.3 Å². The molecule has 2 aromatic carbocycles. The first kappa shape index (κ1) is 43.7. The third-order valence-electron chi connectivity index (χ3n) is 7.53. The number of nitriles is 1. The normalized spacial score (nSPS) is 13.4. The molecule has 3 aromatic rings. The second kappa shape index (κ2) is 18.6. The monoisotopic (exact) mass is 778 g/mol. The molecule has 270 valence electrons. The van der Waals surface area contributed by atoms with Gasteiger partial charge in [-0.05, 0) is 55.0 Å². The molecular weight excluding hydrogens is 739 g/mol. The molecule has 0 saturated carbocycles. The van der Waals surface area contributed by atoms with E-state index >= 15 is 0 Å². The van der Waals surface area contributed by atoms with Gasteiger partial charge in [-0.3, -0.25) is 9.10 Å². The van der Waals surface area contributed by atoms with Gasteiger partial charge in [0.2, 0.25) is 26.0 Å². The van der Waals surface area contributed by atoms with Gasteiger partial charge in [-0.2, -0.15) is 9.57 Å². The van der Waals surface area contributed by atoms with E-state index in [-0.39, 0.29) is 78.2 Å². The summed E-state index contributed by atoms with van der Waals surface area (Å²) in [5, 5.41) is 15.2. The van der Waals surface area contributed by atoms with Gasteiger partial charge >= 0.3 is 0 Å². The number of rotatable bonds is 12. The number of nitrogens with zero attached hydrogens (tertiary/aromatic N) is 6. The maximum atomic E-state index is 13.5. The summed E-state index contributed by atoms with van der Waals surface area (Å²) in [5.74, 6) is -0.192. The van der Waals surface area contributed by atoms with Crippen LogP contribution in [-0.2, 0) is 26.6 Å². The lowest BCUT2D eigenvalue weighted by Crippen LogP contribution is -2.49. The van der Waals surface area contributed by atoms with Crippen LogP contribution in [0.1, 0.15) is 27.3 Å². The quantitative estimate of drug-likeness (QED) is 0.205. The topological polar surface area (TPSA) is 221 Å². The van der Waals surface area contributed by atoms with E-state index in [2.05, 4.69) is 20.6 Å². The van der Waals surface area contributed by atoms with Gasteiger partial charge in [0.1, 0.15) is 11.8 Å². The Balaban J connectivity index is 0.00000400. The fraction of sp³-hybridized carbons (Fsp3) is 0.379. The van der Waals surface area contributed by atoms with Gasteiger partial charge < -0.3 is 27.0 Å². The number of nitrogens with two attached hydrogens (primary N) is 2. The Morgan fingerprint density at radius 3 is 2.14 bits per heavy atom. The number of hydrogen-bond acceptors (Lipinski definition) is 12. The molecule has 4 rings (SSSR count). The number of carbonyl (C=O) groups excluding carboxylic acids is 1. The zero-order chi connectivity index (χ0) is 33.6. The van der Waals surface area contributed by atoms with Crippen LogP contribution in [0.3, 0.4) is 0 Å². The molecule has 1 fully saturated rings. The van der Waals surface area contributed by atoms with Gasteiger partial charge in [0.05, 0.1) is 22.4 Å². The molecule has 0 unspecified atom stereocenters. The summed E-state index contributed by atoms with van der Waals surface area (Å²) in [5.41, 5.74) is 13.6. The first-order chi connectivity index (χ1) is 21.8.